The number of nitriles is 1. The third kappa shape index (κ3) is 2.17. The van der Waals surface area contributed by atoms with Crippen molar-refractivity contribution in [3.63, 3.8) is 0 Å². The van der Waals surface area contributed by atoms with Crippen LogP contribution in [0.15, 0.2) is 18.2 Å². The summed E-state index contributed by atoms with van der Waals surface area (Å²) >= 11 is 5.63. The molecule has 0 aromatic heterocycles. The first kappa shape index (κ1) is 11.7. The SMILES string of the molecule is N#CC1CCOC(=O)N1c1ccc(F)c(Cl)c1. The summed E-state index contributed by atoms with van der Waals surface area (Å²) in [6, 6.07) is 5.23. The molecule has 6 heteroatoms. The smallest absolute Gasteiger partial charge is 0.415 e. The van der Waals surface area contributed by atoms with E-state index in [1.54, 1.807) is 0 Å². The fraction of sp³-hybridized carbons (Fsp3) is 0.273. The minimum atomic E-state index is -0.620. The topological polar surface area (TPSA) is 53.3 Å². The first-order valence-corrected chi connectivity index (χ1v) is 5.32. The van der Waals surface area contributed by atoms with Crippen LogP contribution in [0.3, 0.4) is 0 Å². The maximum absolute atomic E-state index is 13.0. The highest BCUT2D eigenvalue weighted by atomic mass is 35.5. The average Bonchev–Trinajstić information content (AvgIpc) is 2.32. The van der Waals surface area contributed by atoms with Crippen LogP contribution in [0.1, 0.15) is 6.42 Å². The van der Waals surface area contributed by atoms with Crippen molar-refractivity contribution >= 4 is 23.4 Å². The van der Waals surface area contributed by atoms with Gasteiger partial charge in [-0.1, -0.05) is 11.6 Å². The van der Waals surface area contributed by atoms with E-state index in [0.717, 1.165) is 6.07 Å². The summed E-state index contributed by atoms with van der Waals surface area (Å²) in [6.45, 7) is 0.211. The molecule has 4 nitrogen and oxygen atoms in total. The molecule has 0 radical (unpaired) electrons. The van der Waals surface area contributed by atoms with Crippen LogP contribution in [0.2, 0.25) is 5.02 Å². The normalized spacial score (nSPS) is 19.7. The molecule has 88 valence electrons. The molecule has 1 atom stereocenters. The Balaban J connectivity index is 2.39. The van der Waals surface area contributed by atoms with Gasteiger partial charge in [-0.25, -0.2) is 9.18 Å². The molecule has 1 aromatic rings. The molecular formula is C11H8ClFN2O2. The highest BCUT2D eigenvalue weighted by Crippen LogP contribution is 2.27. The van der Waals surface area contributed by atoms with Gasteiger partial charge in [0.05, 0.1) is 23.4 Å². The Hall–Kier alpha value is -1.80. The van der Waals surface area contributed by atoms with Gasteiger partial charge in [0.25, 0.3) is 0 Å². The molecule has 2 rings (SSSR count). The lowest BCUT2D eigenvalue weighted by atomic mass is 10.1. The van der Waals surface area contributed by atoms with E-state index in [1.807, 2.05) is 6.07 Å². The van der Waals surface area contributed by atoms with Crippen molar-refractivity contribution in [1.29, 1.82) is 5.26 Å². The lowest BCUT2D eigenvalue weighted by Gasteiger charge is -2.30. The molecule has 1 heterocycles. The van der Waals surface area contributed by atoms with E-state index in [4.69, 9.17) is 21.6 Å². The number of halogens is 2. The van der Waals surface area contributed by atoms with Crippen molar-refractivity contribution in [1.82, 2.24) is 0 Å². The fourth-order valence-corrected chi connectivity index (χ4v) is 1.80. The Morgan fingerprint density at radius 1 is 1.59 bits per heavy atom. The van der Waals surface area contributed by atoms with E-state index < -0.39 is 18.0 Å². The predicted octanol–water partition coefficient (Wildman–Crippen LogP) is 2.72. The highest BCUT2D eigenvalue weighted by Gasteiger charge is 2.31. The third-order valence-electron chi connectivity index (χ3n) is 2.46. The molecule has 1 aromatic carbocycles. The molecule has 0 bridgehead atoms. The molecule has 0 aliphatic carbocycles. The largest absolute Gasteiger partial charge is 0.449 e. The molecule has 1 aliphatic heterocycles. The zero-order valence-corrected chi connectivity index (χ0v) is 9.45. The molecular weight excluding hydrogens is 247 g/mol. The van der Waals surface area contributed by atoms with E-state index in [2.05, 4.69) is 0 Å². The second-order valence-corrected chi connectivity index (χ2v) is 3.92. The van der Waals surface area contributed by atoms with Crippen LogP contribution >= 0.6 is 11.6 Å². The lowest BCUT2D eigenvalue weighted by molar-refractivity contribution is 0.134. The Morgan fingerprint density at radius 3 is 3.00 bits per heavy atom. The molecule has 1 saturated heterocycles. The molecule has 0 saturated carbocycles. The lowest BCUT2D eigenvalue weighted by Crippen LogP contribution is -2.45. The zero-order valence-electron chi connectivity index (χ0n) is 8.69. The number of hydrogen-bond acceptors (Lipinski definition) is 3. The van der Waals surface area contributed by atoms with Gasteiger partial charge in [-0.05, 0) is 18.2 Å². The Labute approximate surface area is 102 Å². The Bertz CT molecular complexity index is 501. The molecule has 1 aliphatic rings. The first-order valence-electron chi connectivity index (χ1n) is 4.94. The number of rotatable bonds is 1. The summed E-state index contributed by atoms with van der Waals surface area (Å²) in [4.78, 5) is 12.8. The second-order valence-electron chi connectivity index (χ2n) is 3.52. The molecule has 1 amide bonds. The number of ether oxygens (including phenoxy) is 1. The molecule has 0 spiro atoms. The monoisotopic (exact) mass is 254 g/mol. The van der Waals surface area contributed by atoms with Crippen molar-refractivity contribution in [2.45, 2.75) is 12.5 Å². The van der Waals surface area contributed by atoms with Crippen molar-refractivity contribution in [2.24, 2.45) is 0 Å². The summed E-state index contributed by atoms with van der Waals surface area (Å²) in [5, 5.41) is 8.86. The predicted molar refractivity (Wildman–Crippen MR) is 59.3 cm³/mol. The number of carbonyl (C=O) groups is 1. The molecule has 17 heavy (non-hydrogen) atoms. The Kier molecular flexibility index (Phi) is 3.16. The minimum Gasteiger partial charge on any atom is -0.449 e. The van der Waals surface area contributed by atoms with Gasteiger partial charge < -0.3 is 4.74 Å². The van der Waals surface area contributed by atoms with Gasteiger partial charge in [-0.15, -0.1) is 0 Å². The number of amides is 1. The van der Waals surface area contributed by atoms with E-state index in [9.17, 15) is 9.18 Å². The molecule has 1 fully saturated rings. The van der Waals surface area contributed by atoms with Crippen LogP contribution in [-0.2, 0) is 4.74 Å². The van der Waals surface area contributed by atoms with Crippen LogP contribution in [-0.4, -0.2) is 18.7 Å². The first-order chi connectivity index (χ1) is 8.13. The van der Waals surface area contributed by atoms with E-state index in [-0.39, 0.29) is 11.6 Å². The van der Waals surface area contributed by atoms with Gasteiger partial charge in [0.2, 0.25) is 0 Å². The van der Waals surface area contributed by atoms with E-state index in [0.29, 0.717) is 12.1 Å². The average molecular weight is 255 g/mol. The van der Waals surface area contributed by atoms with Crippen LogP contribution in [0, 0.1) is 17.1 Å². The van der Waals surface area contributed by atoms with Crippen LogP contribution in [0.4, 0.5) is 14.9 Å². The van der Waals surface area contributed by atoms with Gasteiger partial charge in [0.15, 0.2) is 0 Å². The summed E-state index contributed by atoms with van der Waals surface area (Å²) < 4.78 is 17.9. The van der Waals surface area contributed by atoms with Gasteiger partial charge in [0, 0.05) is 6.42 Å². The number of benzene rings is 1. The number of hydrogen-bond donors (Lipinski definition) is 0. The number of carbonyl (C=O) groups excluding carboxylic acids is 1. The molecule has 0 N–H and O–H groups in total. The number of anilines is 1. The standard InChI is InChI=1S/C11H8ClFN2O2/c12-9-5-7(1-2-10(9)13)15-8(6-14)3-4-17-11(15)16/h1-2,5,8H,3-4H2. The van der Waals surface area contributed by atoms with Gasteiger partial charge >= 0.3 is 6.09 Å². The summed E-state index contributed by atoms with van der Waals surface area (Å²) in [6.07, 6.45) is -0.206. The van der Waals surface area contributed by atoms with Crippen molar-refractivity contribution in [3.05, 3.63) is 29.0 Å². The van der Waals surface area contributed by atoms with Crippen LogP contribution in [0.25, 0.3) is 0 Å². The third-order valence-corrected chi connectivity index (χ3v) is 2.75. The maximum Gasteiger partial charge on any atom is 0.415 e. The van der Waals surface area contributed by atoms with Crippen molar-refractivity contribution in [3.8, 4) is 6.07 Å². The van der Waals surface area contributed by atoms with Crippen molar-refractivity contribution < 1.29 is 13.9 Å². The number of nitrogens with zero attached hydrogens (tertiary/aromatic N) is 2. The second kappa shape index (κ2) is 4.60. The van der Waals surface area contributed by atoms with E-state index in [1.165, 1.54) is 17.0 Å². The van der Waals surface area contributed by atoms with Gasteiger partial charge in [-0.3, -0.25) is 4.90 Å². The minimum absolute atomic E-state index is 0.0995. The van der Waals surface area contributed by atoms with Crippen LogP contribution in [0.5, 0.6) is 0 Å². The Morgan fingerprint density at radius 2 is 2.35 bits per heavy atom. The molecule has 1 unspecified atom stereocenters. The fourth-order valence-electron chi connectivity index (χ4n) is 1.63. The van der Waals surface area contributed by atoms with Gasteiger partial charge in [-0.2, -0.15) is 5.26 Å². The number of cyclic esters (lactones) is 1. The summed E-state index contributed by atoms with van der Waals surface area (Å²) in [7, 11) is 0. The van der Waals surface area contributed by atoms with Crippen LogP contribution < -0.4 is 4.90 Å². The quantitative estimate of drug-likeness (QED) is 0.774. The summed E-state index contributed by atoms with van der Waals surface area (Å²) in [5.74, 6) is -0.575. The zero-order chi connectivity index (χ0) is 12.4. The highest BCUT2D eigenvalue weighted by molar-refractivity contribution is 6.31. The van der Waals surface area contributed by atoms with Gasteiger partial charge in [0.1, 0.15) is 11.9 Å². The van der Waals surface area contributed by atoms with E-state index >= 15 is 0 Å². The summed E-state index contributed by atoms with van der Waals surface area (Å²) in [5.41, 5.74) is 0.354. The van der Waals surface area contributed by atoms with Crippen molar-refractivity contribution in [2.75, 3.05) is 11.5 Å². The maximum atomic E-state index is 13.0.